The van der Waals surface area contributed by atoms with Gasteiger partial charge in [0.2, 0.25) is 0 Å². The van der Waals surface area contributed by atoms with Crippen molar-refractivity contribution >= 4 is 5.91 Å². The fraction of sp³-hybridized carbons (Fsp3) is 0.476. The van der Waals surface area contributed by atoms with Crippen LogP contribution in [-0.2, 0) is 19.3 Å². The van der Waals surface area contributed by atoms with Gasteiger partial charge in [0, 0.05) is 37.7 Å². The number of rotatable bonds is 3. The predicted octanol–water partition coefficient (Wildman–Crippen LogP) is 1.81. The summed E-state index contributed by atoms with van der Waals surface area (Å²) in [5.41, 5.74) is 3.47. The topological polar surface area (TPSA) is 78.1 Å². The molecule has 2 heterocycles. The molecule has 1 unspecified atom stereocenters. The SMILES string of the molecule is CC1CN(C(=O)c2cc(Cc3n[nH]c(=O)c4c3CCCC4)ccc2F)CCN1. The van der Waals surface area contributed by atoms with Crippen molar-refractivity contribution in [2.24, 2.45) is 0 Å². The number of carbonyl (C=O) groups is 1. The largest absolute Gasteiger partial charge is 0.336 e. The lowest BCUT2D eigenvalue weighted by Gasteiger charge is -2.32. The average Bonchev–Trinajstić information content (AvgIpc) is 2.71. The number of nitrogens with one attached hydrogen (secondary N) is 2. The maximum absolute atomic E-state index is 14.4. The molecule has 1 aliphatic heterocycles. The molecule has 1 atom stereocenters. The minimum Gasteiger partial charge on any atom is -0.336 e. The second-order valence-electron chi connectivity index (χ2n) is 7.76. The number of hydrogen-bond donors (Lipinski definition) is 2. The minimum absolute atomic E-state index is 0.102. The molecule has 2 aromatic rings. The van der Waals surface area contributed by atoms with Crippen molar-refractivity contribution in [1.29, 1.82) is 0 Å². The zero-order chi connectivity index (χ0) is 19.7. The molecule has 7 heteroatoms. The molecule has 0 spiro atoms. The monoisotopic (exact) mass is 384 g/mol. The maximum atomic E-state index is 14.4. The van der Waals surface area contributed by atoms with E-state index in [1.165, 1.54) is 6.07 Å². The van der Waals surface area contributed by atoms with Crippen LogP contribution in [0.25, 0.3) is 0 Å². The smallest absolute Gasteiger partial charge is 0.267 e. The molecule has 4 rings (SSSR count). The van der Waals surface area contributed by atoms with Crippen LogP contribution in [0.1, 0.15) is 52.5 Å². The van der Waals surface area contributed by atoms with Crippen LogP contribution in [0.5, 0.6) is 0 Å². The summed E-state index contributed by atoms with van der Waals surface area (Å²) in [7, 11) is 0. The van der Waals surface area contributed by atoms with Gasteiger partial charge in [-0.15, -0.1) is 0 Å². The van der Waals surface area contributed by atoms with E-state index in [9.17, 15) is 14.0 Å². The second kappa shape index (κ2) is 7.83. The normalized spacial score (nSPS) is 19.4. The highest BCUT2D eigenvalue weighted by Crippen LogP contribution is 2.23. The Morgan fingerprint density at radius 1 is 1.29 bits per heavy atom. The van der Waals surface area contributed by atoms with Crippen LogP contribution in [0, 0.1) is 5.82 Å². The summed E-state index contributed by atoms with van der Waals surface area (Å²) in [5.74, 6) is -0.777. The van der Waals surface area contributed by atoms with Crippen molar-refractivity contribution in [3.63, 3.8) is 0 Å². The van der Waals surface area contributed by atoms with Crippen molar-refractivity contribution in [2.45, 2.75) is 45.1 Å². The number of piperazine rings is 1. The number of benzene rings is 1. The number of halogens is 1. The summed E-state index contributed by atoms with van der Waals surface area (Å²) in [6.45, 7) is 3.86. The first kappa shape index (κ1) is 18.8. The Bertz CT molecular complexity index is 956. The van der Waals surface area contributed by atoms with E-state index < -0.39 is 5.82 Å². The molecule has 1 saturated heterocycles. The zero-order valence-electron chi connectivity index (χ0n) is 16.1. The van der Waals surface area contributed by atoms with Crippen LogP contribution >= 0.6 is 0 Å². The van der Waals surface area contributed by atoms with Gasteiger partial charge in [-0.05, 0) is 55.9 Å². The quantitative estimate of drug-likeness (QED) is 0.846. The van der Waals surface area contributed by atoms with Crippen LogP contribution in [0.3, 0.4) is 0 Å². The zero-order valence-corrected chi connectivity index (χ0v) is 16.1. The third-order valence-corrected chi connectivity index (χ3v) is 5.67. The maximum Gasteiger partial charge on any atom is 0.267 e. The molecular formula is C21H25FN4O2. The molecule has 0 radical (unpaired) electrons. The van der Waals surface area contributed by atoms with E-state index in [4.69, 9.17) is 0 Å². The van der Waals surface area contributed by atoms with Crippen LogP contribution in [-0.4, -0.2) is 46.7 Å². The highest BCUT2D eigenvalue weighted by Gasteiger charge is 2.24. The fourth-order valence-electron chi connectivity index (χ4n) is 4.20. The summed E-state index contributed by atoms with van der Waals surface area (Å²) in [4.78, 5) is 26.6. The molecule has 2 N–H and O–H groups in total. The molecule has 28 heavy (non-hydrogen) atoms. The standard InChI is InChI=1S/C21H25FN4O2/c1-13-12-26(9-8-23-13)21(28)17-10-14(6-7-18(17)22)11-19-15-4-2-3-5-16(15)20(27)25-24-19/h6-7,10,13,23H,2-5,8-9,11-12H2,1H3,(H,25,27). The first-order valence-electron chi connectivity index (χ1n) is 9.93. The van der Waals surface area contributed by atoms with E-state index in [-0.39, 0.29) is 23.1 Å². The van der Waals surface area contributed by atoms with Gasteiger partial charge in [0.05, 0.1) is 11.3 Å². The number of nitrogens with zero attached hydrogens (tertiary/aromatic N) is 2. The first-order chi connectivity index (χ1) is 13.5. The van der Waals surface area contributed by atoms with E-state index in [1.54, 1.807) is 17.0 Å². The first-order valence-corrected chi connectivity index (χ1v) is 9.93. The molecule has 2 aliphatic rings. The highest BCUT2D eigenvalue weighted by atomic mass is 19.1. The molecule has 1 amide bonds. The number of carbonyl (C=O) groups excluding carboxylic acids is 1. The highest BCUT2D eigenvalue weighted by molar-refractivity contribution is 5.94. The third-order valence-electron chi connectivity index (χ3n) is 5.67. The molecule has 1 aliphatic carbocycles. The average molecular weight is 384 g/mol. The van der Waals surface area contributed by atoms with E-state index >= 15 is 0 Å². The van der Waals surface area contributed by atoms with Gasteiger partial charge in [-0.25, -0.2) is 9.49 Å². The summed E-state index contributed by atoms with van der Waals surface area (Å²) in [5, 5.41) is 10.1. The fourth-order valence-corrected chi connectivity index (χ4v) is 4.20. The van der Waals surface area contributed by atoms with Gasteiger partial charge in [0.25, 0.3) is 11.5 Å². The van der Waals surface area contributed by atoms with E-state index in [1.807, 2.05) is 6.92 Å². The third kappa shape index (κ3) is 3.71. The van der Waals surface area contributed by atoms with Crippen LogP contribution in [0.2, 0.25) is 0 Å². The second-order valence-corrected chi connectivity index (χ2v) is 7.76. The van der Waals surface area contributed by atoms with E-state index in [0.717, 1.165) is 48.1 Å². The Balaban J connectivity index is 1.61. The van der Waals surface area contributed by atoms with E-state index in [0.29, 0.717) is 26.1 Å². The van der Waals surface area contributed by atoms with Crippen molar-refractivity contribution in [3.8, 4) is 0 Å². The molecule has 1 aromatic carbocycles. The van der Waals surface area contributed by atoms with Crippen LogP contribution < -0.4 is 10.9 Å². The molecule has 0 bridgehead atoms. The van der Waals surface area contributed by atoms with Crippen molar-refractivity contribution in [3.05, 3.63) is 62.3 Å². The summed E-state index contributed by atoms with van der Waals surface area (Å²) < 4.78 is 14.4. The van der Waals surface area contributed by atoms with Gasteiger partial charge >= 0.3 is 0 Å². The van der Waals surface area contributed by atoms with Gasteiger partial charge < -0.3 is 10.2 Å². The van der Waals surface area contributed by atoms with E-state index in [2.05, 4.69) is 15.5 Å². The number of hydrogen-bond acceptors (Lipinski definition) is 4. The Labute approximate surface area is 163 Å². The van der Waals surface area contributed by atoms with Gasteiger partial charge in [-0.1, -0.05) is 6.07 Å². The molecule has 6 nitrogen and oxygen atoms in total. The minimum atomic E-state index is -0.503. The number of aromatic amines is 1. The van der Waals surface area contributed by atoms with Crippen molar-refractivity contribution in [1.82, 2.24) is 20.4 Å². The van der Waals surface area contributed by atoms with Crippen LogP contribution in [0.4, 0.5) is 4.39 Å². The lowest BCUT2D eigenvalue weighted by molar-refractivity contribution is 0.0704. The Kier molecular flexibility index (Phi) is 5.26. The van der Waals surface area contributed by atoms with Gasteiger partial charge in [0.15, 0.2) is 0 Å². The molecular weight excluding hydrogens is 359 g/mol. The lowest BCUT2D eigenvalue weighted by Crippen LogP contribution is -2.51. The van der Waals surface area contributed by atoms with Crippen molar-refractivity contribution < 1.29 is 9.18 Å². The number of aromatic nitrogens is 2. The lowest BCUT2D eigenvalue weighted by atomic mass is 9.90. The number of amides is 1. The Morgan fingerprint density at radius 2 is 2.07 bits per heavy atom. The predicted molar refractivity (Wildman–Crippen MR) is 104 cm³/mol. The Hall–Kier alpha value is -2.54. The van der Waals surface area contributed by atoms with Gasteiger partial charge in [0.1, 0.15) is 5.82 Å². The number of fused-ring (bicyclic) bond motifs is 1. The molecule has 148 valence electrons. The number of H-pyrrole nitrogens is 1. The summed E-state index contributed by atoms with van der Waals surface area (Å²) in [6.07, 6.45) is 4.14. The van der Waals surface area contributed by atoms with Gasteiger partial charge in [-0.3, -0.25) is 9.59 Å². The van der Waals surface area contributed by atoms with Crippen molar-refractivity contribution in [2.75, 3.05) is 19.6 Å². The summed E-state index contributed by atoms with van der Waals surface area (Å²) >= 11 is 0. The molecule has 0 saturated carbocycles. The van der Waals surface area contributed by atoms with Crippen LogP contribution in [0.15, 0.2) is 23.0 Å². The molecule has 1 aromatic heterocycles. The van der Waals surface area contributed by atoms with Gasteiger partial charge in [-0.2, -0.15) is 5.10 Å². The Morgan fingerprint density at radius 3 is 2.86 bits per heavy atom. The summed E-state index contributed by atoms with van der Waals surface area (Å²) in [6, 6.07) is 4.87. The molecule has 1 fully saturated rings.